The summed E-state index contributed by atoms with van der Waals surface area (Å²) in [4.78, 5) is 13.6. The molecular weight excluding hydrogens is 234 g/mol. The van der Waals surface area contributed by atoms with E-state index in [0.717, 1.165) is 10.6 Å². The fourth-order valence-electron chi connectivity index (χ4n) is 1.28. The molecule has 0 fully saturated rings. The van der Waals surface area contributed by atoms with Gasteiger partial charge in [0.05, 0.1) is 11.8 Å². The van der Waals surface area contributed by atoms with Crippen LogP contribution in [-0.4, -0.2) is 20.1 Å². The Labute approximate surface area is 104 Å². The molecule has 0 amide bonds. The van der Waals surface area contributed by atoms with Gasteiger partial charge in [-0.2, -0.15) is 0 Å². The van der Waals surface area contributed by atoms with Crippen molar-refractivity contribution in [3.05, 3.63) is 42.0 Å². The van der Waals surface area contributed by atoms with Crippen LogP contribution >= 0.6 is 11.8 Å². The number of aliphatic hydroxyl groups is 1. The largest absolute Gasteiger partial charge is 0.387 e. The van der Waals surface area contributed by atoms with Gasteiger partial charge in [0.15, 0.2) is 5.16 Å². The summed E-state index contributed by atoms with van der Waals surface area (Å²) in [6, 6.07) is 5.58. The molecule has 4 nitrogen and oxygen atoms in total. The minimum atomic E-state index is -0.538. The van der Waals surface area contributed by atoms with Gasteiger partial charge >= 0.3 is 0 Å². The van der Waals surface area contributed by atoms with Gasteiger partial charge < -0.3 is 5.11 Å². The number of pyridine rings is 1. The quantitative estimate of drug-likeness (QED) is 0.844. The van der Waals surface area contributed by atoms with Crippen molar-refractivity contribution in [2.75, 3.05) is 0 Å². The summed E-state index contributed by atoms with van der Waals surface area (Å²) in [6.45, 7) is 3.62. The molecule has 2 aromatic rings. The predicted molar refractivity (Wildman–Crippen MR) is 65.8 cm³/mol. The van der Waals surface area contributed by atoms with Crippen molar-refractivity contribution >= 4 is 11.8 Å². The molecule has 0 saturated carbocycles. The Morgan fingerprint density at radius 3 is 2.65 bits per heavy atom. The maximum atomic E-state index is 9.35. The Bertz CT molecular complexity index is 499. The lowest BCUT2D eigenvalue weighted by molar-refractivity contribution is 0.194. The summed E-state index contributed by atoms with van der Waals surface area (Å²) < 4.78 is 0. The summed E-state index contributed by atoms with van der Waals surface area (Å²) in [6.07, 6.45) is 2.92. The first-order valence-electron chi connectivity index (χ1n) is 5.26. The van der Waals surface area contributed by atoms with E-state index in [4.69, 9.17) is 0 Å². The average molecular weight is 247 g/mol. The van der Waals surface area contributed by atoms with Crippen LogP contribution < -0.4 is 0 Å². The molecule has 1 atom stereocenters. The van der Waals surface area contributed by atoms with E-state index in [1.165, 1.54) is 11.8 Å². The Kier molecular flexibility index (Phi) is 3.71. The highest BCUT2D eigenvalue weighted by Crippen LogP contribution is 2.24. The summed E-state index contributed by atoms with van der Waals surface area (Å²) in [5.41, 5.74) is 1.61. The molecule has 0 radical (unpaired) electrons. The molecule has 0 aromatic carbocycles. The SMILES string of the molecule is Cc1ccnc(Sc2ccc([C@@H](C)O)nc2)n1. The van der Waals surface area contributed by atoms with Gasteiger partial charge in [-0.05, 0) is 43.8 Å². The van der Waals surface area contributed by atoms with Gasteiger partial charge in [-0.3, -0.25) is 4.98 Å². The molecule has 2 rings (SSSR count). The standard InChI is InChI=1S/C12H13N3OS/c1-8-5-6-13-12(15-8)17-10-3-4-11(9(2)16)14-7-10/h3-7,9,16H,1-2H3/t9-/m1/s1. The van der Waals surface area contributed by atoms with Crippen LogP contribution in [0, 0.1) is 6.92 Å². The Hall–Kier alpha value is -1.46. The third-order valence-corrected chi connectivity index (χ3v) is 3.03. The van der Waals surface area contributed by atoms with Gasteiger partial charge in [0.2, 0.25) is 0 Å². The highest BCUT2D eigenvalue weighted by molar-refractivity contribution is 7.99. The third kappa shape index (κ3) is 3.25. The van der Waals surface area contributed by atoms with Crippen LogP contribution in [0.15, 0.2) is 40.6 Å². The summed E-state index contributed by atoms with van der Waals surface area (Å²) in [5.74, 6) is 0. The molecule has 0 aliphatic heterocycles. The van der Waals surface area contributed by atoms with E-state index in [-0.39, 0.29) is 0 Å². The zero-order valence-corrected chi connectivity index (χ0v) is 10.5. The molecule has 0 bridgehead atoms. The lowest BCUT2D eigenvalue weighted by atomic mass is 10.2. The number of rotatable bonds is 3. The molecule has 1 N–H and O–H groups in total. The molecule has 2 aromatic heterocycles. The number of hydrogen-bond donors (Lipinski definition) is 1. The lowest BCUT2D eigenvalue weighted by Gasteiger charge is -2.04. The first kappa shape index (κ1) is 12.0. The van der Waals surface area contributed by atoms with Crippen LogP contribution in [0.4, 0.5) is 0 Å². The van der Waals surface area contributed by atoms with Crippen LogP contribution in [0.2, 0.25) is 0 Å². The van der Waals surface area contributed by atoms with E-state index in [1.54, 1.807) is 19.3 Å². The van der Waals surface area contributed by atoms with E-state index < -0.39 is 6.10 Å². The summed E-state index contributed by atoms with van der Waals surface area (Å²) >= 11 is 1.46. The van der Waals surface area contributed by atoms with Crippen molar-refractivity contribution < 1.29 is 5.11 Å². The number of hydrogen-bond acceptors (Lipinski definition) is 5. The molecule has 0 spiro atoms. The maximum Gasteiger partial charge on any atom is 0.192 e. The first-order valence-corrected chi connectivity index (χ1v) is 6.08. The van der Waals surface area contributed by atoms with E-state index >= 15 is 0 Å². The molecule has 5 heteroatoms. The molecule has 0 aliphatic carbocycles. The molecule has 88 valence electrons. The topological polar surface area (TPSA) is 58.9 Å². The number of aryl methyl sites for hydroxylation is 1. The van der Waals surface area contributed by atoms with Gasteiger partial charge in [-0.15, -0.1) is 0 Å². The molecule has 2 heterocycles. The van der Waals surface area contributed by atoms with E-state index in [2.05, 4.69) is 15.0 Å². The van der Waals surface area contributed by atoms with Crippen molar-refractivity contribution in [1.29, 1.82) is 0 Å². The van der Waals surface area contributed by atoms with Gasteiger partial charge in [0.1, 0.15) is 0 Å². The van der Waals surface area contributed by atoms with Crippen LogP contribution in [0.25, 0.3) is 0 Å². The molecule has 0 aliphatic rings. The van der Waals surface area contributed by atoms with Crippen LogP contribution in [0.5, 0.6) is 0 Å². The maximum absolute atomic E-state index is 9.35. The zero-order chi connectivity index (χ0) is 12.3. The monoisotopic (exact) mass is 247 g/mol. The van der Waals surface area contributed by atoms with Gasteiger partial charge in [-0.25, -0.2) is 9.97 Å². The molecular formula is C12H13N3OS. The van der Waals surface area contributed by atoms with Crippen LogP contribution in [0.1, 0.15) is 24.4 Å². The second kappa shape index (κ2) is 5.25. The minimum absolute atomic E-state index is 0.538. The smallest absolute Gasteiger partial charge is 0.192 e. The fourth-order valence-corrected chi connectivity index (χ4v) is 2.04. The Morgan fingerprint density at radius 1 is 1.24 bits per heavy atom. The van der Waals surface area contributed by atoms with Crippen molar-refractivity contribution in [3.8, 4) is 0 Å². The van der Waals surface area contributed by atoms with Crippen LogP contribution in [-0.2, 0) is 0 Å². The highest BCUT2D eigenvalue weighted by Gasteiger charge is 2.04. The van der Waals surface area contributed by atoms with Gasteiger partial charge in [-0.1, -0.05) is 0 Å². The second-order valence-corrected chi connectivity index (χ2v) is 4.72. The van der Waals surface area contributed by atoms with E-state index in [1.807, 2.05) is 25.1 Å². The molecule has 17 heavy (non-hydrogen) atoms. The first-order chi connectivity index (χ1) is 8.15. The minimum Gasteiger partial charge on any atom is -0.387 e. The summed E-state index contributed by atoms with van der Waals surface area (Å²) in [7, 11) is 0. The highest BCUT2D eigenvalue weighted by atomic mass is 32.2. The number of aromatic nitrogens is 3. The van der Waals surface area contributed by atoms with Crippen molar-refractivity contribution in [2.45, 2.75) is 30.0 Å². The van der Waals surface area contributed by atoms with E-state index in [0.29, 0.717) is 10.9 Å². The predicted octanol–water partition coefficient (Wildman–Crippen LogP) is 2.38. The molecule has 0 unspecified atom stereocenters. The van der Waals surface area contributed by atoms with Crippen LogP contribution in [0.3, 0.4) is 0 Å². The second-order valence-electron chi connectivity index (χ2n) is 3.68. The average Bonchev–Trinajstić information content (AvgIpc) is 2.29. The van der Waals surface area contributed by atoms with Crippen molar-refractivity contribution in [3.63, 3.8) is 0 Å². The van der Waals surface area contributed by atoms with Gasteiger partial charge in [0.25, 0.3) is 0 Å². The Morgan fingerprint density at radius 2 is 2.06 bits per heavy atom. The van der Waals surface area contributed by atoms with E-state index in [9.17, 15) is 5.11 Å². The van der Waals surface area contributed by atoms with Crippen molar-refractivity contribution in [2.24, 2.45) is 0 Å². The third-order valence-electron chi connectivity index (χ3n) is 2.17. The number of aliphatic hydroxyl groups excluding tert-OH is 1. The normalized spacial score (nSPS) is 12.4. The van der Waals surface area contributed by atoms with Crippen molar-refractivity contribution in [1.82, 2.24) is 15.0 Å². The Balaban J connectivity index is 2.14. The molecule has 0 saturated heterocycles. The zero-order valence-electron chi connectivity index (χ0n) is 9.66. The lowest BCUT2D eigenvalue weighted by Crippen LogP contribution is -1.94. The fraction of sp³-hybridized carbons (Fsp3) is 0.250. The number of nitrogens with zero attached hydrogens (tertiary/aromatic N) is 3. The summed E-state index contributed by atoms with van der Waals surface area (Å²) in [5, 5.41) is 10.1. The van der Waals surface area contributed by atoms with Gasteiger partial charge in [0, 0.05) is 23.0 Å².